The molecule has 3 nitrogen and oxygen atoms in total. The van der Waals surface area contributed by atoms with E-state index in [4.69, 9.17) is 5.73 Å². The van der Waals surface area contributed by atoms with Gasteiger partial charge in [0.25, 0.3) is 6.43 Å². The van der Waals surface area contributed by atoms with Crippen molar-refractivity contribution >= 4 is 17.0 Å². The van der Waals surface area contributed by atoms with Gasteiger partial charge in [-0.05, 0) is 24.3 Å². The topological polar surface area (TPSA) is 51.8 Å². The van der Waals surface area contributed by atoms with Crippen molar-refractivity contribution in [3.63, 3.8) is 0 Å². The van der Waals surface area contributed by atoms with E-state index in [9.17, 15) is 8.78 Å². The molecule has 15 heavy (non-hydrogen) atoms. The molecule has 0 spiro atoms. The molecule has 1 aromatic heterocycles. The van der Waals surface area contributed by atoms with Crippen LogP contribution in [0.2, 0.25) is 0 Å². The van der Waals surface area contributed by atoms with Crippen molar-refractivity contribution in [1.29, 1.82) is 0 Å². The van der Waals surface area contributed by atoms with Crippen LogP contribution < -0.4 is 5.73 Å². The lowest BCUT2D eigenvalue weighted by Gasteiger charge is -1.95. The molecule has 78 valence electrons. The molecule has 0 atom stereocenters. The molecule has 0 aliphatic rings. The van der Waals surface area contributed by atoms with E-state index in [1.165, 1.54) is 0 Å². The molecule has 6 heteroatoms. The first-order valence-corrected chi connectivity index (χ1v) is 4.96. The summed E-state index contributed by atoms with van der Waals surface area (Å²) in [7, 11) is 0. The summed E-state index contributed by atoms with van der Waals surface area (Å²) < 4.78 is 24.5. The second-order valence-electron chi connectivity index (χ2n) is 2.87. The van der Waals surface area contributed by atoms with Gasteiger partial charge in [-0.15, -0.1) is 10.2 Å². The Morgan fingerprint density at radius 3 is 2.33 bits per heavy atom. The molecule has 1 aromatic carbocycles. The summed E-state index contributed by atoms with van der Waals surface area (Å²) in [4.78, 5) is 0. The first-order chi connectivity index (χ1) is 7.16. The fraction of sp³-hybridized carbons (Fsp3) is 0.111. The number of hydrogen-bond acceptors (Lipinski definition) is 4. The summed E-state index contributed by atoms with van der Waals surface area (Å²) in [5, 5.41) is 7.30. The summed E-state index contributed by atoms with van der Waals surface area (Å²) in [5.41, 5.74) is 6.87. The maximum absolute atomic E-state index is 12.2. The average Bonchev–Trinajstić information content (AvgIpc) is 2.68. The van der Waals surface area contributed by atoms with E-state index in [0.29, 0.717) is 10.7 Å². The van der Waals surface area contributed by atoms with Gasteiger partial charge < -0.3 is 5.73 Å². The standard InChI is InChI=1S/C9H7F2N3S/c10-7(11)9-14-13-8(15-9)5-1-3-6(12)4-2-5/h1-4,7H,12H2. The molecule has 0 fully saturated rings. The Morgan fingerprint density at radius 2 is 1.80 bits per heavy atom. The van der Waals surface area contributed by atoms with Crippen LogP contribution in [-0.4, -0.2) is 10.2 Å². The van der Waals surface area contributed by atoms with Crippen LogP contribution in [0.25, 0.3) is 10.6 Å². The molecule has 0 radical (unpaired) electrons. The molecule has 0 saturated heterocycles. The highest BCUT2D eigenvalue weighted by atomic mass is 32.1. The molecule has 0 aliphatic carbocycles. The number of nitrogens with zero attached hydrogens (tertiary/aromatic N) is 2. The second kappa shape index (κ2) is 3.90. The lowest BCUT2D eigenvalue weighted by atomic mass is 10.2. The molecular weight excluding hydrogens is 220 g/mol. The molecule has 2 rings (SSSR count). The maximum Gasteiger partial charge on any atom is 0.291 e. The normalized spacial score (nSPS) is 10.9. The van der Waals surface area contributed by atoms with Crippen molar-refractivity contribution < 1.29 is 8.78 Å². The summed E-state index contributed by atoms with van der Waals surface area (Å²) in [6, 6.07) is 6.84. The zero-order valence-corrected chi connectivity index (χ0v) is 8.34. The zero-order chi connectivity index (χ0) is 10.8. The van der Waals surface area contributed by atoms with Crippen LogP contribution >= 0.6 is 11.3 Å². The van der Waals surface area contributed by atoms with Crippen molar-refractivity contribution in [2.75, 3.05) is 5.73 Å². The number of nitrogens with two attached hydrogens (primary N) is 1. The molecule has 2 N–H and O–H groups in total. The van der Waals surface area contributed by atoms with Crippen molar-refractivity contribution in [3.05, 3.63) is 29.3 Å². The fourth-order valence-electron chi connectivity index (χ4n) is 1.07. The molecule has 2 aromatic rings. The summed E-state index contributed by atoms with van der Waals surface area (Å²) in [6.07, 6.45) is -2.56. The summed E-state index contributed by atoms with van der Waals surface area (Å²) in [5.74, 6) is 0. The molecule has 1 heterocycles. The van der Waals surface area contributed by atoms with Crippen LogP contribution in [-0.2, 0) is 0 Å². The van der Waals surface area contributed by atoms with E-state index in [-0.39, 0.29) is 5.01 Å². The van der Waals surface area contributed by atoms with Gasteiger partial charge in [0.2, 0.25) is 0 Å². The van der Waals surface area contributed by atoms with E-state index in [1.54, 1.807) is 24.3 Å². The molecule has 0 unspecified atom stereocenters. The van der Waals surface area contributed by atoms with Gasteiger partial charge in [0, 0.05) is 11.3 Å². The summed E-state index contributed by atoms with van der Waals surface area (Å²) in [6.45, 7) is 0. The van der Waals surface area contributed by atoms with Crippen molar-refractivity contribution in [2.45, 2.75) is 6.43 Å². The SMILES string of the molecule is Nc1ccc(-c2nnc(C(F)F)s2)cc1. The van der Waals surface area contributed by atoms with Gasteiger partial charge in [-0.1, -0.05) is 11.3 Å². The molecule has 0 amide bonds. The number of anilines is 1. The Bertz CT molecular complexity index is 453. The highest BCUT2D eigenvalue weighted by Crippen LogP contribution is 2.29. The molecule has 0 aliphatic heterocycles. The number of halogens is 2. The van der Waals surface area contributed by atoms with Gasteiger partial charge >= 0.3 is 0 Å². The van der Waals surface area contributed by atoms with Crippen molar-refractivity contribution in [3.8, 4) is 10.6 Å². The first-order valence-electron chi connectivity index (χ1n) is 4.14. The van der Waals surface area contributed by atoms with Gasteiger partial charge in [-0.25, -0.2) is 8.78 Å². The highest BCUT2D eigenvalue weighted by Gasteiger charge is 2.14. The molecule has 0 saturated carbocycles. The highest BCUT2D eigenvalue weighted by molar-refractivity contribution is 7.14. The second-order valence-corrected chi connectivity index (χ2v) is 3.88. The third kappa shape index (κ3) is 2.10. The Labute approximate surface area is 88.6 Å². The first kappa shape index (κ1) is 9.97. The van der Waals surface area contributed by atoms with Crippen molar-refractivity contribution in [2.24, 2.45) is 0 Å². The van der Waals surface area contributed by atoms with Gasteiger partial charge in [0.1, 0.15) is 5.01 Å². The van der Waals surface area contributed by atoms with E-state index in [1.807, 2.05) is 0 Å². The quantitative estimate of drug-likeness (QED) is 0.802. The Morgan fingerprint density at radius 1 is 1.13 bits per heavy atom. The van der Waals surface area contributed by atoms with Gasteiger partial charge in [-0.2, -0.15) is 0 Å². The van der Waals surface area contributed by atoms with Gasteiger partial charge in [0.05, 0.1) is 0 Å². The zero-order valence-electron chi connectivity index (χ0n) is 7.52. The molecule has 0 bridgehead atoms. The van der Waals surface area contributed by atoms with Crippen molar-refractivity contribution in [1.82, 2.24) is 10.2 Å². The van der Waals surface area contributed by atoms with Crippen LogP contribution in [0.3, 0.4) is 0 Å². The van der Waals surface area contributed by atoms with Crippen LogP contribution in [0.4, 0.5) is 14.5 Å². The number of alkyl halides is 2. The van der Waals surface area contributed by atoms with Gasteiger partial charge in [0.15, 0.2) is 5.01 Å². The molecular formula is C9H7F2N3S. The van der Waals surface area contributed by atoms with Crippen LogP contribution in [0.1, 0.15) is 11.4 Å². The minimum atomic E-state index is -2.56. The predicted molar refractivity (Wildman–Crippen MR) is 54.7 cm³/mol. The minimum Gasteiger partial charge on any atom is -0.399 e. The third-order valence-electron chi connectivity index (χ3n) is 1.78. The third-order valence-corrected chi connectivity index (χ3v) is 2.76. The van der Waals surface area contributed by atoms with Gasteiger partial charge in [-0.3, -0.25) is 0 Å². The lowest BCUT2D eigenvalue weighted by molar-refractivity contribution is 0.150. The van der Waals surface area contributed by atoms with E-state index < -0.39 is 6.43 Å². The minimum absolute atomic E-state index is 0.262. The van der Waals surface area contributed by atoms with E-state index in [2.05, 4.69) is 10.2 Å². The van der Waals surface area contributed by atoms with E-state index in [0.717, 1.165) is 16.9 Å². The van der Waals surface area contributed by atoms with E-state index >= 15 is 0 Å². The lowest BCUT2D eigenvalue weighted by Crippen LogP contribution is -1.83. The Kier molecular flexibility index (Phi) is 2.59. The maximum atomic E-state index is 12.2. The number of rotatable bonds is 2. The Balaban J connectivity index is 2.33. The number of aromatic nitrogens is 2. The van der Waals surface area contributed by atoms with Crippen LogP contribution in [0.15, 0.2) is 24.3 Å². The largest absolute Gasteiger partial charge is 0.399 e. The number of hydrogen-bond donors (Lipinski definition) is 1. The van der Waals surface area contributed by atoms with Crippen LogP contribution in [0.5, 0.6) is 0 Å². The van der Waals surface area contributed by atoms with Crippen LogP contribution in [0, 0.1) is 0 Å². The average molecular weight is 227 g/mol. The number of benzene rings is 1. The smallest absolute Gasteiger partial charge is 0.291 e. The monoisotopic (exact) mass is 227 g/mol. The predicted octanol–water partition coefficient (Wildman–Crippen LogP) is 2.72. The fourth-order valence-corrected chi connectivity index (χ4v) is 1.77. The summed E-state index contributed by atoms with van der Waals surface area (Å²) >= 11 is 0.887. The number of nitrogen functional groups attached to an aromatic ring is 1. The Hall–Kier alpha value is -1.56.